The minimum atomic E-state index is 0. The number of nitrogens with one attached hydrogen (secondary N) is 2. The lowest BCUT2D eigenvalue weighted by Crippen LogP contribution is -2.28. The number of amides is 1. The van der Waals surface area contributed by atoms with Gasteiger partial charge in [-0.3, -0.25) is 9.48 Å². The Bertz CT molecular complexity index is 388. The van der Waals surface area contributed by atoms with Crippen molar-refractivity contribution in [3.8, 4) is 0 Å². The van der Waals surface area contributed by atoms with Crippen LogP contribution in [0.1, 0.15) is 31.2 Å². The Kier molecular flexibility index (Phi) is 6.87. The first-order chi connectivity index (χ1) is 8.74. The molecule has 1 atom stereocenters. The predicted molar refractivity (Wildman–Crippen MR) is 77.4 cm³/mol. The van der Waals surface area contributed by atoms with Crippen LogP contribution < -0.4 is 10.6 Å². The van der Waals surface area contributed by atoms with Crippen molar-refractivity contribution in [1.29, 1.82) is 0 Å². The maximum absolute atomic E-state index is 11.6. The van der Waals surface area contributed by atoms with Crippen LogP contribution in [0.15, 0.2) is 12.4 Å². The molecule has 0 aromatic carbocycles. The molecule has 2 rings (SSSR count). The number of aromatic nitrogens is 2. The molecular weight excluding hydrogens is 264 g/mol. The number of hydrogen-bond acceptors (Lipinski definition) is 3. The van der Waals surface area contributed by atoms with E-state index in [-0.39, 0.29) is 18.3 Å². The SMILES string of the molecule is Cl.Cn1cc(CCNC(=O)CCC2CCCN2)cn1. The van der Waals surface area contributed by atoms with Crippen molar-refractivity contribution in [3.63, 3.8) is 0 Å². The van der Waals surface area contributed by atoms with Crippen LogP contribution in [0.4, 0.5) is 0 Å². The maximum atomic E-state index is 11.6. The van der Waals surface area contributed by atoms with Gasteiger partial charge in [0.05, 0.1) is 6.20 Å². The summed E-state index contributed by atoms with van der Waals surface area (Å²) in [6.45, 7) is 1.80. The first-order valence-electron chi connectivity index (χ1n) is 6.71. The number of carbonyl (C=O) groups is 1. The largest absolute Gasteiger partial charge is 0.356 e. The van der Waals surface area contributed by atoms with E-state index >= 15 is 0 Å². The normalized spacial score (nSPS) is 18.1. The lowest BCUT2D eigenvalue weighted by atomic mass is 10.1. The van der Waals surface area contributed by atoms with E-state index in [4.69, 9.17) is 0 Å². The average Bonchev–Trinajstić information content (AvgIpc) is 2.98. The Morgan fingerprint density at radius 3 is 3.11 bits per heavy atom. The molecule has 0 bridgehead atoms. The van der Waals surface area contributed by atoms with Gasteiger partial charge in [-0.2, -0.15) is 5.10 Å². The zero-order chi connectivity index (χ0) is 12.8. The summed E-state index contributed by atoms with van der Waals surface area (Å²) in [4.78, 5) is 11.6. The second kappa shape index (κ2) is 8.17. The number of nitrogens with zero attached hydrogens (tertiary/aromatic N) is 2. The molecule has 0 aliphatic carbocycles. The maximum Gasteiger partial charge on any atom is 0.220 e. The highest BCUT2D eigenvalue weighted by atomic mass is 35.5. The lowest BCUT2D eigenvalue weighted by molar-refractivity contribution is -0.121. The molecule has 1 aromatic heterocycles. The molecule has 2 heterocycles. The van der Waals surface area contributed by atoms with Crippen LogP contribution in [0, 0.1) is 0 Å². The number of carbonyl (C=O) groups excluding carboxylic acids is 1. The average molecular weight is 287 g/mol. The van der Waals surface area contributed by atoms with Gasteiger partial charge in [0.25, 0.3) is 0 Å². The summed E-state index contributed by atoms with van der Waals surface area (Å²) in [7, 11) is 1.90. The molecule has 1 amide bonds. The van der Waals surface area contributed by atoms with Gasteiger partial charge in [-0.15, -0.1) is 12.4 Å². The lowest BCUT2D eigenvalue weighted by Gasteiger charge is -2.09. The van der Waals surface area contributed by atoms with E-state index in [0.717, 1.165) is 24.9 Å². The minimum absolute atomic E-state index is 0. The van der Waals surface area contributed by atoms with E-state index < -0.39 is 0 Å². The summed E-state index contributed by atoms with van der Waals surface area (Å²) >= 11 is 0. The molecule has 1 aliphatic rings. The Labute approximate surface area is 120 Å². The first kappa shape index (κ1) is 16.0. The van der Waals surface area contributed by atoms with Gasteiger partial charge in [-0.25, -0.2) is 0 Å². The number of rotatable bonds is 6. The fourth-order valence-electron chi connectivity index (χ4n) is 2.34. The van der Waals surface area contributed by atoms with Crippen molar-refractivity contribution < 1.29 is 4.79 Å². The van der Waals surface area contributed by atoms with Crippen molar-refractivity contribution in [3.05, 3.63) is 18.0 Å². The monoisotopic (exact) mass is 286 g/mol. The molecule has 6 heteroatoms. The van der Waals surface area contributed by atoms with E-state index in [2.05, 4.69) is 15.7 Å². The highest BCUT2D eigenvalue weighted by Crippen LogP contribution is 2.10. The molecule has 1 aliphatic heterocycles. The Morgan fingerprint density at radius 1 is 1.63 bits per heavy atom. The van der Waals surface area contributed by atoms with Crippen molar-refractivity contribution in [1.82, 2.24) is 20.4 Å². The Morgan fingerprint density at radius 2 is 2.47 bits per heavy atom. The summed E-state index contributed by atoms with van der Waals surface area (Å²) in [5, 5.41) is 10.5. The molecule has 1 aromatic rings. The van der Waals surface area contributed by atoms with Crippen LogP contribution in [0.3, 0.4) is 0 Å². The summed E-state index contributed by atoms with van der Waals surface area (Å²) < 4.78 is 1.78. The van der Waals surface area contributed by atoms with E-state index in [1.165, 1.54) is 12.8 Å². The standard InChI is InChI=1S/C13H22N4O.ClH/c1-17-10-11(9-16-17)6-8-15-13(18)5-4-12-3-2-7-14-12;/h9-10,12,14H,2-8H2,1H3,(H,15,18);1H. The third-order valence-electron chi connectivity index (χ3n) is 3.38. The van der Waals surface area contributed by atoms with Crippen LogP contribution in [0.5, 0.6) is 0 Å². The summed E-state index contributed by atoms with van der Waals surface area (Å²) in [5.74, 6) is 0.160. The number of aryl methyl sites for hydroxylation is 1. The topological polar surface area (TPSA) is 59.0 Å². The van der Waals surface area contributed by atoms with Crippen molar-refractivity contribution in [2.75, 3.05) is 13.1 Å². The van der Waals surface area contributed by atoms with Crippen LogP contribution in [-0.4, -0.2) is 34.8 Å². The van der Waals surface area contributed by atoms with Crippen LogP contribution in [0.2, 0.25) is 0 Å². The zero-order valence-corrected chi connectivity index (χ0v) is 12.2. The molecule has 0 saturated carbocycles. The van der Waals surface area contributed by atoms with Crippen molar-refractivity contribution in [2.45, 2.75) is 38.1 Å². The fourth-order valence-corrected chi connectivity index (χ4v) is 2.34. The second-order valence-electron chi connectivity index (χ2n) is 4.95. The first-order valence-corrected chi connectivity index (χ1v) is 6.71. The van der Waals surface area contributed by atoms with E-state index in [1.807, 2.05) is 19.4 Å². The fraction of sp³-hybridized carbons (Fsp3) is 0.692. The highest BCUT2D eigenvalue weighted by Gasteiger charge is 2.14. The third-order valence-corrected chi connectivity index (χ3v) is 3.38. The molecule has 1 fully saturated rings. The van der Waals surface area contributed by atoms with Crippen molar-refractivity contribution >= 4 is 18.3 Å². The van der Waals surface area contributed by atoms with E-state index in [9.17, 15) is 4.79 Å². The molecule has 108 valence electrons. The highest BCUT2D eigenvalue weighted by molar-refractivity contribution is 5.85. The van der Waals surface area contributed by atoms with Gasteiger partial charge in [-0.1, -0.05) is 0 Å². The number of halogens is 1. The van der Waals surface area contributed by atoms with Crippen LogP contribution in [-0.2, 0) is 18.3 Å². The second-order valence-corrected chi connectivity index (χ2v) is 4.95. The zero-order valence-electron chi connectivity index (χ0n) is 11.4. The number of hydrogen-bond donors (Lipinski definition) is 2. The molecule has 2 N–H and O–H groups in total. The molecule has 0 radical (unpaired) electrons. The third kappa shape index (κ3) is 5.61. The Balaban J connectivity index is 0.00000180. The smallest absolute Gasteiger partial charge is 0.220 e. The molecule has 1 unspecified atom stereocenters. The van der Waals surface area contributed by atoms with Gasteiger partial charge in [0, 0.05) is 32.3 Å². The van der Waals surface area contributed by atoms with Gasteiger partial charge in [0.2, 0.25) is 5.91 Å². The van der Waals surface area contributed by atoms with Gasteiger partial charge in [0.15, 0.2) is 0 Å². The molecule has 19 heavy (non-hydrogen) atoms. The summed E-state index contributed by atoms with van der Waals surface area (Å²) in [6, 6.07) is 0.550. The van der Waals surface area contributed by atoms with Gasteiger partial charge >= 0.3 is 0 Å². The molecule has 5 nitrogen and oxygen atoms in total. The quantitative estimate of drug-likeness (QED) is 0.821. The van der Waals surface area contributed by atoms with Gasteiger partial charge in [-0.05, 0) is 37.8 Å². The Hall–Kier alpha value is -1.07. The van der Waals surface area contributed by atoms with Crippen LogP contribution >= 0.6 is 12.4 Å². The predicted octanol–water partition coefficient (Wildman–Crippen LogP) is 1.03. The van der Waals surface area contributed by atoms with Gasteiger partial charge < -0.3 is 10.6 Å². The minimum Gasteiger partial charge on any atom is -0.356 e. The van der Waals surface area contributed by atoms with Gasteiger partial charge in [0.1, 0.15) is 0 Å². The van der Waals surface area contributed by atoms with E-state index in [1.54, 1.807) is 4.68 Å². The van der Waals surface area contributed by atoms with E-state index in [0.29, 0.717) is 19.0 Å². The summed E-state index contributed by atoms with van der Waals surface area (Å²) in [5.41, 5.74) is 1.16. The summed E-state index contributed by atoms with van der Waals surface area (Å²) in [6.07, 6.45) is 8.71. The molecule has 0 spiro atoms. The van der Waals surface area contributed by atoms with Crippen LogP contribution in [0.25, 0.3) is 0 Å². The van der Waals surface area contributed by atoms with Crippen molar-refractivity contribution in [2.24, 2.45) is 7.05 Å². The molecular formula is C13H23ClN4O. The molecule has 1 saturated heterocycles.